The second-order valence-electron chi connectivity index (χ2n) is 7.83. The predicted octanol–water partition coefficient (Wildman–Crippen LogP) is 1.85. The van der Waals surface area contributed by atoms with Crippen molar-refractivity contribution < 1.29 is 4.79 Å². The third-order valence-corrected chi connectivity index (χ3v) is 5.44. The average molecular weight is 402 g/mol. The Hall–Kier alpha value is -3.62. The van der Waals surface area contributed by atoms with Gasteiger partial charge in [-0.2, -0.15) is 10.2 Å². The molecule has 30 heavy (non-hydrogen) atoms. The maximum Gasteiger partial charge on any atom is 0.258 e. The van der Waals surface area contributed by atoms with Gasteiger partial charge in [0.05, 0.1) is 18.0 Å². The van der Waals surface area contributed by atoms with Crippen LogP contribution in [0.3, 0.4) is 0 Å². The van der Waals surface area contributed by atoms with Crippen LogP contribution in [0.2, 0.25) is 0 Å². The van der Waals surface area contributed by atoms with E-state index in [1.54, 1.807) is 12.4 Å². The molecule has 0 radical (unpaired) electrons. The van der Waals surface area contributed by atoms with Crippen molar-refractivity contribution in [2.75, 3.05) is 24.5 Å². The zero-order valence-electron chi connectivity index (χ0n) is 17.1. The van der Waals surface area contributed by atoms with E-state index in [0.29, 0.717) is 24.5 Å². The number of hydrogen-bond donors (Lipinski definition) is 0. The van der Waals surface area contributed by atoms with Crippen LogP contribution in [0.1, 0.15) is 27.4 Å². The summed E-state index contributed by atoms with van der Waals surface area (Å²) in [4.78, 5) is 32.3. The Morgan fingerprint density at radius 3 is 2.40 bits per heavy atom. The molecule has 9 heteroatoms. The van der Waals surface area contributed by atoms with E-state index in [1.807, 2.05) is 43.9 Å². The summed E-state index contributed by atoms with van der Waals surface area (Å²) in [7, 11) is 0. The van der Waals surface area contributed by atoms with Crippen molar-refractivity contribution in [1.29, 1.82) is 0 Å². The lowest BCUT2D eigenvalue weighted by atomic mass is 10.1. The molecule has 3 aromatic rings. The highest BCUT2D eigenvalue weighted by Crippen LogP contribution is 2.32. The van der Waals surface area contributed by atoms with Crippen molar-refractivity contribution in [2.45, 2.75) is 20.8 Å². The number of rotatable bonds is 3. The number of pyridine rings is 1. The molecule has 5 heterocycles. The first-order valence-corrected chi connectivity index (χ1v) is 9.91. The number of aryl methyl sites for hydroxylation is 3. The van der Waals surface area contributed by atoms with Crippen LogP contribution < -0.4 is 4.90 Å². The summed E-state index contributed by atoms with van der Waals surface area (Å²) in [5.41, 5.74) is 4.45. The molecular formula is C21H22N8O. The van der Waals surface area contributed by atoms with Gasteiger partial charge in [0.1, 0.15) is 0 Å². The maximum absolute atomic E-state index is 13.3. The van der Waals surface area contributed by atoms with Gasteiger partial charge in [0.15, 0.2) is 5.82 Å². The summed E-state index contributed by atoms with van der Waals surface area (Å²) in [5.74, 6) is 1.41. The molecule has 2 aliphatic rings. The third kappa shape index (κ3) is 3.22. The lowest BCUT2D eigenvalue weighted by molar-refractivity contribution is 0.0788. The molecule has 3 aromatic heterocycles. The van der Waals surface area contributed by atoms with E-state index in [4.69, 9.17) is 0 Å². The van der Waals surface area contributed by atoms with E-state index < -0.39 is 0 Å². The van der Waals surface area contributed by atoms with Gasteiger partial charge in [-0.1, -0.05) is 0 Å². The molecule has 0 spiro atoms. The fourth-order valence-electron chi connectivity index (χ4n) is 4.10. The highest BCUT2D eigenvalue weighted by Gasteiger charge is 2.37. The Labute approximate surface area is 174 Å². The Morgan fingerprint density at radius 2 is 1.70 bits per heavy atom. The number of likely N-dealkylation sites (tertiary alicyclic amines) is 1. The molecule has 0 saturated carbocycles. The van der Waals surface area contributed by atoms with Crippen molar-refractivity contribution in [3.05, 3.63) is 65.0 Å². The first-order chi connectivity index (χ1) is 14.5. The Morgan fingerprint density at radius 1 is 0.967 bits per heavy atom. The molecule has 0 bridgehead atoms. The molecule has 1 unspecified atom stereocenters. The number of carbonyl (C=O) groups is 1. The molecule has 1 atom stereocenters. The summed E-state index contributed by atoms with van der Waals surface area (Å²) in [6, 6.07) is 5.62. The average Bonchev–Trinajstić information content (AvgIpc) is 3.43. The second-order valence-corrected chi connectivity index (χ2v) is 7.83. The lowest BCUT2D eigenvalue weighted by Crippen LogP contribution is -2.32. The second kappa shape index (κ2) is 7.01. The van der Waals surface area contributed by atoms with Crippen LogP contribution in [0.5, 0.6) is 0 Å². The summed E-state index contributed by atoms with van der Waals surface area (Å²) in [6.45, 7) is 7.86. The van der Waals surface area contributed by atoms with Crippen LogP contribution in [0.15, 0.2) is 42.4 Å². The molecular weight excluding hydrogens is 380 g/mol. The predicted molar refractivity (Wildman–Crippen MR) is 110 cm³/mol. The number of anilines is 1. The van der Waals surface area contributed by atoms with Gasteiger partial charge < -0.3 is 9.80 Å². The first-order valence-electron chi connectivity index (χ1n) is 9.91. The van der Waals surface area contributed by atoms with Gasteiger partial charge in [-0.25, -0.2) is 15.0 Å². The van der Waals surface area contributed by atoms with Gasteiger partial charge >= 0.3 is 0 Å². The molecule has 5 rings (SSSR count). The topological polar surface area (TPSA) is 92.9 Å². The maximum atomic E-state index is 13.3. The molecule has 0 aromatic carbocycles. The minimum Gasteiger partial charge on any atom is -0.334 e. The molecule has 0 N–H and O–H groups in total. The van der Waals surface area contributed by atoms with Gasteiger partial charge in [0.25, 0.3) is 5.91 Å². The monoisotopic (exact) mass is 402 g/mol. The van der Waals surface area contributed by atoms with Crippen LogP contribution >= 0.6 is 0 Å². The van der Waals surface area contributed by atoms with Crippen LogP contribution in [0, 0.1) is 26.7 Å². The van der Waals surface area contributed by atoms with Gasteiger partial charge in [-0.3, -0.25) is 4.79 Å². The minimum absolute atomic E-state index is 0.0562. The number of carbonyl (C=O) groups excluding carboxylic acids is 1. The highest BCUT2D eigenvalue weighted by atomic mass is 16.2. The van der Waals surface area contributed by atoms with E-state index in [-0.39, 0.29) is 11.8 Å². The molecule has 152 valence electrons. The summed E-state index contributed by atoms with van der Waals surface area (Å²) in [6.07, 6.45) is 5.25. The van der Waals surface area contributed by atoms with E-state index in [0.717, 1.165) is 29.6 Å². The molecule has 0 aliphatic carbocycles. The number of hydrogen-bond acceptors (Lipinski definition) is 7. The summed E-state index contributed by atoms with van der Waals surface area (Å²) >= 11 is 0. The van der Waals surface area contributed by atoms with Crippen molar-refractivity contribution in [2.24, 2.45) is 5.92 Å². The van der Waals surface area contributed by atoms with Gasteiger partial charge in [-0.05, 0) is 44.5 Å². The quantitative estimate of drug-likeness (QED) is 0.660. The lowest BCUT2D eigenvalue weighted by Gasteiger charge is -2.21. The number of nitrogens with zero attached hydrogens (tertiary/aromatic N) is 8. The SMILES string of the molecule is Cc1cc(C)nc(N2C=C3CN(C(=O)c4ccc(C)nc4-n4nccn4)CC3C2)n1. The van der Waals surface area contributed by atoms with E-state index >= 15 is 0 Å². The largest absolute Gasteiger partial charge is 0.334 e. The molecule has 1 fully saturated rings. The fourth-order valence-corrected chi connectivity index (χ4v) is 4.10. The number of amides is 1. The molecule has 1 amide bonds. The van der Waals surface area contributed by atoms with Crippen molar-refractivity contribution >= 4 is 11.9 Å². The van der Waals surface area contributed by atoms with Crippen molar-refractivity contribution in [1.82, 2.24) is 34.8 Å². The molecule has 2 aliphatic heterocycles. The van der Waals surface area contributed by atoms with Gasteiger partial charge in [0.2, 0.25) is 5.95 Å². The van der Waals surface area contributed by atoms with Crippen molar-refractivity contribution in [3.63, 3.8) is 0 Å². The number of fused-ring (bicyclic) bond motifs is 1. The van der Waals surface area contributed by atoms with Crippen LogP contribution in [0.25, 0.3) is 5.82 Å². The zero-order chi connectivity index (χ0) is 20.8. The van der Waals surface area contributed by atoms with E-state index in [9.17, 15) is 4.79 Å². The van der Waals surface area contributed by atoms with Crippen LogP contribution in [-0.4, -0.2) is 60.4 Å². The molecule has 9 nitrogen and oxygen atoms in total. The zero-order valence-corrected chi connectivity index (χ0v) is 17.1. The Kier molecular flexibility index (Phi) is 4.30. The normalized spacial score (nSPS) is 18.0. The Balaban J connectivity index is 1.38. The van der Waals surface area contributed by atoms with Crippen LogP contribution in [0.4, 0.5) is 5.95 Å². The Bertz CT molecular complexity index is 1130. The van der Waals surface area contributed by atoms with Crippen LogP contribution in [-0.2, 0) is 0 Å². The van der Waals surface area contributed by atoms with Gasteiger partial charge in [-0.15, -0.1) is 4.80 Å². The van der Waals surface area contributed by atoms with Crippen molar-refractivity contribution in [3.8, 4) is 5.82 Å². The molecule has 1 saturated heterocycles. The third-order valence-electron chi connectivity index (χ3n) is 5.44. The van der Waals surface area contributed by atoms with E-state index in [2.05, 4.69) is 36.2 Å². The van der Waals surface area contributed by atoms with Gasteiger partial charge in [0, 0.05) is 48.8 Å². The summed E-state index contributed by atoms with van der Waals surface area (Å²) < 4.78 is 0. The van der Waals surface area contributed by atoms with E-state index in [1.165, 1.54) is 10.4 Å². The highest BCUT2D eigenvalue weighted by molar-refractivity contribution is 5.97. The smallest absolute Gasteiger partial charge is 0.258 e. The summed E-state index contributed by atoms with van der Waals surface area (Å²) in [5, 5.41) is 8.31. The fraction of sp³-hybridized carbons (Fsp3) is 0.333. The minimum atomic E-state index is -0.0562. The first kappa shape index (κ1) is 18.4. The number of aromatic nitrogens is 6. The standard InChI is InChI=1S/C21H22N8O/c1-13-4-5-18(19(24-13)29-22-6-7-23-29)20(30)27-9-16-11-28(12-17(16)10-27)21-25-14(2)8-15(3)26-21/h4-8,11,17H,9-10,12H2,1-3H3.